The molecule has 0 aliphatic heterocycles. The average Bonchev–Trinajstić information content (AvgIpc) is 3.01. The van der Waals surface area contributed by atoms with Gasteiger partial charge in [0.15, 0.2) is 5.76 Å². The van der Waals surface area contributed by atoms with Crippen molar-refractivity contribution in [3.8, 4) is 11.1 Å². The molecule has 0 aliphatic rings. The summed E-state index contributed by atoms with van der Waals surface area (Å²) < 4.78 is 5.40. The van der Waals surface area contributed by atoms with Crippen molar-refractivity contribution in [1.29, 1.82) is 0 Å². The Morgan fingerprint density at radius 1 is 1.17 bits per heavy atom. The van der Waals surface area contributed by atoms with Crippen LogP contribution in [0.5, 0.6) is 0 Å². The van der Waals surface area contributed by atoms with Gasteiger partial charge in [0.05, 0.1) is 22.7 Å². The van der Waals surface area contributed by atoms with Gasteiger partial charge < -0.3 is 9.73 Å². The number of nitrogens with zero attached hydrogens (tertiary/aromatic N) is 1. The Morgan fingerprint density at radius 3 is 2.78 bits per heavy atom. The molecule has 2 aromatic heterocycles. The van der Waals surface area contributed by atoms with E-state index in [1.807, 2.05) is 31.2 Å². The van der Waals surface area contributed by atoms with E-state index in [0.29, 0.717) is 16.4 Å². The lowest BCUT2D eigenvalue weighted by atomic mass is 10.1. The van der Waals surface area contributed by atoms with E-state index in [4.69, 9.17) is 16.0 Å². The maximum atomic E-state index is 12.3. The third-order valence-corrected chi connectivity index (χ3v) is 3.68. The predicted molar refractivity (Wildman–Crippen MR) is 90.8 cm³/mol. The fourth-order valence-corrected chi connectivity index (χ4v) is 2.41. The number of hydrogen-bond donors (Lipinski definition) is 1. The van der Waals surface area contributed by atoms with E-state index in [-0.39, 0.29) is 11.7 Å². The maximum Gasteiger partial charge on any atom is 0.291 e. The minimum absolute atomic E-state index is 0.237. The molecule has 4 nitrogen and oxygen atoms in total. The molecule has 0 radical (unpaired) electrons. The molecule has 3 rings (SSSR count). The second kappa shape index (κ2) is 6.26. The fraction of sp³-hybridized carbons (Fsp3) is 0.111. The first-order valence-electron chi connectivity index (χ1n) is 7.12. The highest BCUT2D eigenvalue weighted by Crippen LogP contribution is 2.24. The van der Waals surface area contributed by atoms with Gasteiger partial charge in [0.2, 0.25) is 0 Å². The standard InChI is InChI=1S/C18H15ClN2O2/c1-11-4-3-5-13(6-11)14-7-17(23-10-14)18(22)21-16-8-15(19)9-20-12(16)2/h3-10H,1-2H3,(H,21,22). The topological polar surface area (TPSA) is 55.1 Å². The van der Waals surface area contributed by atoms with Crippen molar-refractivity contribution in [1.82, 2.24) is 4.98 Å². The van der Waals surface area contributed by atoms with E-state index in [2.05, 4.69) is 10.3 Å². The van der Waals surface area contributed by atoms with Crippen molar-refractivity contribution in [3.05, 3.63) is 70.9 Å². The first-order valence-corrected chi connectivity index (χ1v) is 7.50. The minimum Gasteiger partial charge on any atom is -0.459 e. The number of rotatable bonds is 3. The molecule has 0 aliphatic carbocycles. The quantitative estimate of drug-likeness (QED) is 0.747. The Kier molecular flexibility index (Phi) is 4.17. The van der Waals surface area contributed by atoms with Crippen LogP contribution in [0.1, 0.15) is 21.8 Å². The molecule has 1 aromatic carbocycles. The highest BCUT2D eigenvalue weighted by molar-refractivity contribution is 6.30. The first kappa shape index (κ1) is 15.3. The smallest absolute Gasteiger partial charge is 0.291 e. The Morgan fingerprint density at radius 2 is 2.00 bits per heavy atom. The Labute approximate surface area is 139 Å². The van der Waals surface area contributed by atoms with Gasteiger partial charge in [0, 0.05) is 11.8 Å². The van der Waals surface area contributed by atoms with Gasteiger partial charge in [0.25, 0.3) is 5.91 Å². The molecule has 116 valence electrons. The number of aromatic nitrogens is 1. The molecule has 23 heavy (non-hydrogen) atoms. The molecule has 5 heteroatoms. The molecule has 2 heterocycles. The fourth-order valence-electron chi connectivity index (χ4n) is 2.25. The van der Waals surface area contributed by atoms with Crippen LogP contribution in [0, 0.1) is 13.8 Å². The number of carbonyl (C=O) groups is 1. The normalized spacial score (nSPS) is 10.6. The van der Waals surface area contributed by atoms with E-state index in [0.717, 1.165) is 16.7 Å². The number of aryl methyl sites for hydroxylation is 2. The summed E-state index contributed by atoms with van der Waals surface area (Å²) in [6.45, 7) is 3.82. The third-order valence-electron chi connectivity index (χ3n) is 3.48. The van der Waals surface area contributed by atoms with E-state index < -0.39 is 0 Å². The second-order valence-corrected chi connectivity index (χ2v) is 5.75. The molecule has 0 saturated heterocycles. The van der Waals surface area contributed by atoms with Crippen LogP contribution in [0.25, 0.3) is 11.1 Å². The summed E-state index contributed by atoms with van der Waals surface area (Å²) in [4.78, 5) is 16.4. The van der Waals surface area contributed by atoms with Crippen molar-refractivity contribution in [2.45, 2.75) is 13.8 Å². The van der Waals surface area contributed by atoms with Crippen molar-refractivity contribution in [2.75, 3.05) is 5.32 Å². The van der Waals surface area contributed by atoms with Gasteiger partial charge in [-0.2, -0.15) is 0 Å². The van der Waals surface area contributed by atoms with Crippen molar-refractivity contribution in [2.24, 2.45) is 0 Å². The van der Waals surface area contributed by atoms with Crippen LogP contribution in [0.2, 0.25) is 5.02 Å². The molecular formula is C18H15ClN2O2. The monoisotopic (exact) mass is 326 g/mol. The molecule has 0 atom stereocenters. The summed E-state index contributed by atoms with van der Waals surface area (Å²) in [7, 11) is 0. The number of benzene rings is 1. The number of furan rings is 1. The maximum absolute atomic E-state index is 12.3. The molecule has 0 bridgehead atoms. The van der Waals surface area contributed by atoms with Gasteiger partial charge in [-0.15, -0.1) is 0 Å². The number of anilines is 1. The van der Waals surface area contributed by atoms with Crippen LogP contribution in [0.4, 0.5) is 5.69 Å². The zero-order valence-corrected chi connectivity index (χ0v) is 13.5. The lowest BCUT2D eigenvalue weighted by molar-refractivity contribution is 0.0996. The number of nitrogens with one attached hydrogen (secondary N) is 1. The number of pyridine rings is 1. The van der Waals surface area contributed by atoms with Crippen LogP contribution >= 0.6 is 11.6 Å². The van der Waals surface area contributed by atoms with Crippen molar-refractivity contribution < 1.29 is 9.21 Å². The predicted octanol–water partition coefficient (Wildman–Crippen LogP) is 4.86. The zero-order chi connectivity index (χ0) is 16.4. The molecule has 0 fully saturated rings. The summed E-state index contributed by atoms with van der Waals surface area (Å²) in [5.41, 5.74) is 4.27. The summed E-state index contributed by atoms with van der Waals surface area (Å²) in [5.74, 6) is -0.100. The van der Waals surface area contributed by atoms with Gasteiger partial charge in [0.1, 0.15) is 0 Å². The van der Waals surface area contributed by atoms with Gasteiger partial charge in [-0.3, -0.25) is 9.78 Å². The molecule has 0 unspecified atom stereocenters. The number of halogens is 1. The SMILES string of the molecule is Cc1cccc(-c2coc(C(=O)Nc3cc(Cl)cnc3C)c2)c1. The second-order valence-electron chi connectivity index (χ2n) is 5.31. The average molecular weight is 327 g/mol. The lowest BCUT2D eigenvalue weighted by Gasteiger charge is -2.06. The molecular weight excluding hydrogens is 312 g/mol. The van der Waals surface area contributed by atoms with E-state index in [1.165, 1.54) is 6.20 Å². The van der Waals surface area contributed by atoms with E-state index in [1.54, 1.807) is 25.3 Å². The van der Waals surface area contributed by atoms with Gasteiger partial charge in [-0.1, -0.05) is 41.4 Å². The van der Waals surface area contributed by atoms with Crippen molar-refractivity contribution in [3.63, 3.8) is 0 Å². The van der Waals surface area contributed by atoms with Crippen LogP contribution in [0.3, 0.4) is 0 Å². The first-order chi connectivity index (χ1) is 11.0. The minimum atomic E-state index is -0.337. The molecule has 3 aromatic rings. The van der Waals surface area contributed by atoms with Crippen LogP contribution in [-0.4, -0.2) is 10.9 Å². The summed E-state index contributed by atoms with van der Waals surface area (Å²) >= 11 is 5.91. The Hall–Kier alpha value is -2.59. The van der Waals surface area contributed by atoms with Gasteiger partial charge >= 0.3 is 0 Å². The summed E-state index contributed by atoms with van der Waals surface area (Å²) in [6, 6.07) is 11.4. The summed E-state index contributed by atoms with van der Waals surface area (Å²) in [5, 5.41) is 3.23. The largest absolute Gasteiger partial charge is 0.459 e. The lowest BCUT2D eigenvalue weighted by Crippen LogP contribution is -2.12. The molecule has 0 spiro atoms. The summed E-state index contributed by atoms with van der Waals surface area (Å²) in [6.07, 6.45) is 3.11. The molecule has 1 amide bonds. The van der Waals surface area contributed by atoms with Gasteiger partial charge in [-0.05, 0) is 31.5 Å². The number of carbonyl (C=O) groups excluding carboxylic acids is 1. The molecule has 1 N–H and O–H groups in total. The van der Waals surface area contributed by atoms with Crippen LogP contribution < -0.4 is 5.32 Å². The van der Waals surface area contributed by atoms with Crippen LogP contribution in [-0.2, 0) is 0 Å². The molecule has 0 saturated carbocycles. The zero-order valence-electron chi connectivity index (χ0n) is 12.8. The van der Waals surface area contributed by atoms with Gasteiger partial charge in [-0.25, -0.2) is 0 Å². The third kappa shape index (κ3) is 3.43. The number of amides is 1. The Balaban J connectivity index is 1.82. The van der Waals surface area contributed by atoms with Crippen molar-refractivity contribution >= 4 is 23.2 Å². The van der Waals surface area contributed by atoms with E-state index in [9.17, 15) is 4.79 Å². The Bertz CT molecular complexity index is 871. The van der Waals surface area contributed by atoms with E-state index >= 15 is 0 Å². The van der Waals surface area contributed by atoms with Crippen LogP contribution in [0.15, 0.2) is 53.3 Å². The number of hydrogen-bond acceptors (Lipinski definition) is 3. The highest BCUT2D eigenvalue weighted by atomic mass is 35.5. The highest BCUT2D eigenvalue weighted by Gasteiger charge is 2.14.